The normalized spacial score (nSPS) is 12.4. The fourth-order valence-electron chi connectivity index (χ4n) is 2.00. The Morgan fingerprint density at radius 2 is 2.17 bits per heavy atom. The molecule has 0 aliphatic rings. The first-order valence-electron chi connectivity index (χ1n) is 6.24. The number of halogens is 1. The molecule has 1 aromatic carbocycles. The van der Waals surface area contributed by atoms with Crippen molar-refractivity contribution in [2.45, 2.75) is 39.2 Å². The van der Waals surface area contributed by atoms with Crippen LogP contribution in [0, 0.1) is 10.1 Å². The Morgan fingerprint density at radius 3 is 2.72 bits per heavy atom. The fourth-order valence-corrected chi connectivity index (χ4v) is 2.20. The van der Waals surface area contributed by atoms with Gasteiger partial charge in [0.15, 0.2) is 0 Å². The Hall–Kier alpha value is -1.13. The lowest BCUT2D eigenvalue weighted by atomic mass is 10.0. The fraction of sp³-hybridized carbons (Fsp3) is 0.538. The monoisotopic (exact) mass is 270 g/mol. The van der Waals surface area contributed by atoms with Crippen molar-refractivity contribution in [1.82, 2.24) is 5.32 Å². The molecule has 0 saturated carbocycles. The van der Waals surface area contributed by atoms with Crippen LogP contribution in [0.25, 0.3) is 0 Å². The van der Waals surface area contributed by atoms with Crippen molar-refractivity contribution in [2.75, 3.05) is 6.54 Å². The van der Waals surface area contributed by atoms with Gasteiger partial charge in [-0.2, -0.15) is 0 Å². The number of rotatable bonds is 7. The molecule has 4 nitrogen and oxygen atoms in total. The molecule has 100 valence electrons. The van der Waals surface area contributed by atoms with Crippen LogP contribution in [-0.4, -0.2) is 17.5 Å². The number of nitro groups is 1. The minimum atomic E-state index is -0.347. The zero-order valence-corrected chi connectivity index (χ0v) is 11.5. The lowest BCUT2D eigenvalue weighted by Crippen LogP contribution is -2.28. The van der Waals surface area contributed by atoms with Gasteiger partial charge in [0.05, 0.1) is 4.92 Å². The first kappa shape index (κ1) is 14.9. The molecule has 0 aliphatic heterocycles. The summed E-state index contributed by atoms with van der Waals surface area (Å²) in [6, 6.07) is 5.13. The van der Waals surface area contributed by atoms with Gasteiger partial charge in [0.2, 0.25) is 0 Å². The van der Waals surface area contributed by atoms with Crippen LogP contribution in [0.5, 0.6) is 0 Å². The van der Waals surface area contributed by atoms with E-state index < -0.39 is 0 Å². The Bertz CT molecular complexity index is 410. The summed E-state index contributed by atoms with van der Waals surface area (Å²) in [6.45, 7) is 5.08. The Balaban J connectivity index is 2.76. The Morgan fingerprint density at radius 1 is 1.44 bits per heavy atom. The molecule has 0 bridgehead atoms. The summed E-state index contributed by atoms with van der Waals surface area (Å²) in [5.74, 6) is 0. The lowest BCUT2D eigenvalue weighted by molar-refractivity contribution is -0.385. The van der Waals surface area contributed by atoms with E-state index in [0.29, 0.717) is 23.0 Å². The van der Waals surface area contributed by atoms with Gasteiger partial charge >= 0.3 is 0 Å². The van der Waals surface area contributed by atoms with Crippen molar-refractivity contribution in [3.8, 4) is 0 Å². The third kappa shape index (κ3) is 4.27. The molecule has 0 aromatic heterocycles. The van der Waals surface area contributed by atoms with Crippen LogP contribution in [0.2, 0.25) is 5.02 Å². The quantitative estimate of drug-likeness (QED) is 0.609. The molecular weight excluding hydrogens is 252 g/mol. The minimum absolute atomic E-state index is 0.158. The highest BCUT2D eigenvalue weighted by molar-refractivity contribution is 6.30. The Labute approximate surface area is 112 Å². The zero-order valence-electron chi connectivity index (χ0n) is 10.8. The van der Waals surface area contributed by atoms with Gasteiger partial charge in [-0.15, -0.1) is 0 Å². The lowest BCUT2D eigenvalue weighted by Gasteiger charge is -2.15. The van der Waals surface area contributed by atoms with Crippen molar-refractivity contribution in [3.05, 3.63) is 38.9 Å². The summed E-state index contributed by atoms with van der Waals surface area (Å²) >= 11 is 5.89. The standard InChI is InChI=1S/C13H19ClN2O2/c1-3-12(15-4-2)7-5-10-9-11(14)6-8-13(10)16(17)18/h6,8-9,12,15H,3-5,7H2,1-2H3. The van der Waals surface area contributed by atoms with E-state index in [1.807, 2.05) is 0 Å². The number of benzene rings is 1. The number of hydrogen-bond acceptors (Lipinski definition) is 3. The molecular formula is C13H19ClN2O2. The van der Waals surface area contributed by atoms with Gasteiger partial charge in [-0.1, -0.05) is 25.4 Å². The highest BCUT2D eigenvalue weighted by Gasteiger charge is 2.15. The molecule has 1 aromatic rings. The molecule has 0 radical (unpaired) electrons. The molecule has 0 heterocycles. The van der Waals surface area contributed by atoms with Crippen LogP contribution < -0.4 is 5.32 Å². The van der Waals surface area contributed by atoms with Crippen LogP contribution in [0.15, 0.2) is 18.2 Å². The number of nitro benzene ring substituents is 1. The van der Waals surface area contributed by atoms with E-state index in [4.69, 9.17) is 11.6 Å². The number of aryl methyl sites for hydroxylation is 1. The van der Waals surface area contributed by atoms with Crippen molar-refractivity contribution >= 4 is 17.3 Å². The number of nitrogens with zero attached hydrogens (tertiary/aromatic N) is 1. The maximum atomic E-state index is 10.9. The predicted octanol–water partition coefficient (Wildman–Crippen LogP) is 3.57. The van der Waals surface area contributed by atoms with E-state index in [1.54, 1.807) is 12.1 Å². The summed E-state index contributed by atoms with van der Waals surface area (Å²) < 4.78 is 0. The van der Waals surface area contributed by atoms with E-state index in [-0.39, 0.29) is 10.6 Å². The van der Waals surface area contributed by atoms with E-state index in [0.717, 1.165) is 19.4 Å². The summed E-state index contributed by atoms with van der Waals surface area (Å²) in [6.07, 6.45) is 2.57. The maximum Gasteiger partial charge on any atom is 0.272 e. The molecule has 0 spiro atoms. The first-order valence-corrected chi connectivity index (χ1v) is 6.62. The molecule has 0 fully saturated rings. The summed E-state index contributed by atoms with van der Waals surface area (Å²) in [7, 11) is 0. The molecule has 1 atom stereocenters. The molecule has 5 heteroatoms. The van der Waals surface area contributed by atoms with Crippen molar-refractivity contribution in [3.63, 3.8) is 0 Å². The van der Waals surface area contributed by atoms with Crippen LogP contribution in [0.3, 0.4) is 0 Å². The average Bonchev–Trinajstić information content (AvgIpc) is 2.34. The number of nitrogens with one attached hydrogen (secondary N) is 1. The third-order valence-corrected chi connectivity index (χ3v) is 3.22. The minimum Gasteiger partial charge on any atom is -0.314 e. The third-order valence-electron chi connectivity index (χ3n) is 2.99. The highest BCUT2D eigenvalue weighted by atomic mass is 35.5. The van der Waals surface area contributed by atoms with Crippen LogP contribution in [0.1, 0.15) is 32.3 Å². The van der Waals surface area contributed by atoms with Gasteiger partial charge in [-0.3, -0.25) is 10.1 Å². The van der Waals surface area contributed by atoms with Crippen molar-refractivity contribution in [2.24, 2.45) is 0 Å². The smallest absolute Gasteiger partial charge is 0.272 e. The second-order valence-electron chi connectivity index (χ2n) is 4.23. The SMILES string of the molecule is CCNC(CC)CCc1cc(Cl)ccc1[N+](=O)[O-]. The second-order valence-corrected chi connectivity index (χ2v) is 4.67. The van der Waals surface area contributed by atoms with Gasteiger partial charge in [-0.25, -0.2) is 0 Å². The van der Waals surface area contributed by atoms with E-state index in [2.05, 4.69) is 19.2 Å². The molecule has 1 unspecified atom stereocenters. The average molecular weight is 271 g/mol. The van der Waals surface area contributed by atoms with Gasteiger partial charge in [0.25, 0.3) is 5.69 Å². The van der Waals surface area contributed by atoms with Crippen molar-refractivity contribution < 1.29 is 4.92 Å². The summed E-state index contributed by atoms with van der Waals surface area (Å²) in [5, 5.41) is 14.8. The predicted molar refractivity (Wildman–Crippen MR) is 74.2 cm³/mol. The van der Waals surface area contributed by atoms with E-state index in [1.165, 1.54) is 6.07 Å². The molecule has 0 saturated heterocycles. The van der Waals surface area contributed by atoms with Crippen LogP contribution in [-0.2, 0) is 6.42 Å². The van der Waals surface area contributed by atoms with E-state index in [9.17, 15) is 10.1 Å². The molecule has 0 aliphatic carbocycles. The van der Waals surface area contributed by atoms with Crippen molar-refractivity contribution in [1.29, 1.82) is 0 Å². The molecule has 18 heavy (non-hydrogen) atoms. The van der Waals surface area contributed by atoms with Crippen LogP contribution >= 0.6 is 11.6 Å². The maximum absolute atomic E-state index is 10.9. The molecule has 0 amide bonds. The Kier molecular flexibility index (Phi) is 6.09. The second kappa shape index (κ2) is 7.34. The van der Waals surface area contributed by atoms with Crippen LogP contribution in [0.4, 0.5) is 5.69 Å². The largest absolute Gasteiger partial charge is 0.314 e. The summed E-state index contributed by atoms with van der Waals surface area (Å²) in [5.41, 5.74) is 0.870. The first-order chi connectivity index (χ1) is 8.58. The topological polar surface area (TPSA) is 55.2 Å². The number of hydrogen-bond donors (Lipinski definition) is 1. The van der Waals surface area contributed by atoms with Gasteiger partial charge in [0.1, 0.15) is 0 Å². The molecule has 1 rings (SSSR count). The van der Waals surface area contributed by atoms with Gasteiger partial charge in [-0.05, 0) is 37.9 Å². The van der Waals surface area contributed by atoms with E-state index >= 15 is 0 Å². The van der Waals surface area contributed by atoms with Gasteiger partial charge < -0.3 is 5.32 Å². The summed E-state index contributed by atoms with van der Waals surface area (Å²) in [4.78, 5) is 10.6. The zero-order chi connectivity index (χ0) is 13.5. The highest BCUT2D eigenvalue weighted by Crippen LogP contribution is 2.24. The van der Waals surface area contributed by atoms with Gasteiger partial charge in [0, 0.05) is 22.7 Å². The molecule has 1 N–H and O–H groups in total.